The summed E-state index contributed by atoms with van der Waals surface area (Å²) in [7, 11) is 3.85. The Balaban J connectivity index is 2.09. The van der Waals surface area contributed by atoms with Crippen LogP contribution < -0.4 is 4.90 Å². The van der Waals surface area contributed by atoms with Crippen molar-refractivity contribution in [2.45, 2.75) is 43.9 Å². The molecule has 8 heteroatoms. The lowest BCUT2D eigenvalue weighted by Gasteiger charge is -2.28. The summed E-state index contributed by atoms with van der Waals surface area (Å²) in [6.07, 6.45) is -1.01. The number of thioether (sulfide) groups is 1. The summed E-state index contributed by atoms with van der Waals surface area (Å²) in [5, 5.41) is -0.436. The van der Waals surface area contributed by atoms with Crippen LogP contribution in [0.3, 0.4) is 0 Å². The lowest BCUT2D eigenvalue weighted by atomic mass is 10.0. The van der Waals surface area contributed by atoms with Crippen LogP contribution in [0.1, 0.15) is 47.5 Å². The van der Waals surface area contributed by atoms with Crippen molar-refractivity contribution in [1.29, 1.82) is 0 Å². The molecular formula is C27H34N2O5S. The van der Waals surface area contributed by atoms with Crippen molar-refractivity contribution in [3.63, 3.8) is 0 Å². The van der Waals surface area contributed by atoms with E-state index in [9.17, 15) is 14.4 Å². The molecule has 2 aromatic rings. The smallest absolute Gasteiger partial charge is 0.338 e. The molecule has 0 radical (unpaired) electrons. The minimum absolute atomic E-state index is 0.216. The third kappa shape index (κ3) is 6.86. The van der Waals surface area contributed by atoms with Crippen molar-refractivity contribution in [2.75, 3.05) is 38.7 Å². The number of anilines is 1. The first-order valence-corrected chi connectivity index (χ1v) is 12.6. The van der Waals surface area contributed by atoms with Crippen LogP contribution in [0.25, 0.3) is 0 Å². The summed E-state index contributed by atoms with van der Waals surface area (Å²) in [6.45, 7) is 8.55. The molecule has 1 amide bonds. The normalized spacial score (nSPS) is 17.8. The first-order chi connectivity index (χ1) is 16.6. The largest absolute Gasteiger partial charge is 0.462 e. The highest BCUT2D eigenvalue weighted by Gasteiger charge is 2.41. The number of esters is 2. The van der Waals surface area contributed by atoms with E-state index in [4.69, 9.17) is 9.47 Å². The van der Waals surface area contributed by atoms with E-state index in [0.717, 1.165) is 16.0 Å². The van der Waals surface area contributed by atoms with Gasteiger partial charge in [0.1, 0.15) is 0 Å². The van der Waals surface area contributed by atoms with Gasteiger partial charge in [-0.15, -0.1) is 11.8 Å². The molecule has 3 rings (SSSR count). The van der Waals surface area contributed by atoms with Gasteiger partial charge in [0.25, 0.3) is 5.91 Å². The van der Waals surface area contributed by atoms with Gasteiger partial charge >= 0.3 is 11.9 Å². The zero-order valence-electron chi connectivity index (χ0n) is 21.2. The van der Waals surface area contributed by atoms with E-state index in [1.807, 2.05) is 70.1 Å². The van der Waals surface area contributed by atoms with Crippen LogP contribution >= 0.6 is 11.8 Å². The monoisotopic (exact) mass is 498 g/mol. The average molecular weight is 499 g/mol. The number of benzene rings is 2. The van der Waals surface area contributed by atoms with Gasteiger partial charge in [-0.2, -0.15) is 0 Å². The molecule has 2 atom stereocenters. The summed E-state index contributed by atoms with van der Waals surface area (Å²) in [4.78, 5) is 43.1. The van der Waals surface area contributed by atoms with E-state index < -0.39 is 23.3 Å². The van der Waals surface area contributed by atoms with Crippen molar-refractivity contribution in [3.8, 4) is 0 Å². The number of hydrogen-bond acceptors (Lipinski definition) is 7. The Kier molecular flexibility index (Phi) is 8.97. The van der Waals surface area contributed by atoms with E-state index in [1.165, 1.54) is 18.7 Å². The summed E-state index contributed by atoms with van der Waals surface area (Å²) in [6, 6.07) is 13.2. The number of amides is 1. The van der Waals surface area contributed by atoms with Crippen molar-refractivity contribution < 1.29 is 23.9 Å². The summed E-state index contributed by atoms with van der Waals surface area (Å²) < 4.78 is 11.1. The predicted molar refractivity (Wildman–Crippen MR) is 138 cm³/mol. The number of nitrogens with zero attached hydrogens (tertiary/aromatic N) is 2. The van der Waals surface area contributed by atoms with Crippen molar-refractivity contribution >= 4 is 35.3 Å². The van der Waals surface area contributed by atoms with Crippen LogP contribution in [0.15, 0.2) is 47.4 Å². The second-order valence-corrected chi connectivity index (χ2v) is 10.6. The molecule has 0 spiro atoms. The number of aryl methyl sites for hydroxylation is 1. The highest BCUT2D eigenvalue weighted by Crippen LogP contribution is 2.47. The van der Waals surface area contributed by atoms with Crippen molar-refractivity contribution in [1.82, 2.24) is 4.90 Å². The Hall–Kier alpha value is -2.84. The van der Waals surface area contributed by atoms with Crippen molar-refractivity contribution in [2.24, 2.45) is 5.92 Å². The molecule has 35 heavy (non-hydrogen) atoms. The van der Waals surface area contributed by atoms with E-state index >= 15 is 0 Å². The van der Waals surface area contributed by atoms with Gasteiger partial charge in [0.2, 0.25) is 0 Å². The van der Waals surface area contributed by atoms with Crippen LogP contribution in [-0.4, -0.2) is 62.6 Å². The Bertz CT molecular complexity index is 1070. The van der Waals surface area contributed by atoms with Gasteiger partial charge in [0.05, 0.1) is 23.1 Å². The van der Waals surface area contributed by atoms with Crippen molar-refractivity contribution in [3.05, 3.63) is 59.2 Å². The van der Waals surface area contributed by atoms with Gasteiger partial charge in [0.15, 0.2) is 6.10 Å². The SMILES string of the molecule is CC(=O)OC1C(=O)N(CCN(C)C)c2cc(C(=O)OCC(C)C)ccc2SC1c1ccc(C)cc1. The number of carbonyl (C=O) groups is 3. The zero-order chi connectivity index (χ0) is 25.7. The number of carbonyl (C=O) groups excluding carboxylic acids is 3. The van der Waals surface area contributed by atoms with Crippen LogP contribution in [0.5, 0.6) is 0 Å². The molecule has 0 N–H and O–H groups in total. The molecule has 0 saturated carbocycles. The Morgan fingerprint density at radius 1 is 1.11 bits per heavy atom. The fourth-order valence-corrected chi connectivity index (χ4v) is 5.00. The molecule has 0 saturated heterocycles. The standard InChI is InChI=1S/C27H34N2O5S/c1-17(2)16-33-27(32)21-11-12-23-22(15-21)29(14-13-28(5)6)26(31)24(34-19(4)30)25(35-23)20-9-7-18(3)8-10-20/h7-12,15,17,24-25H,13-14,16H2,1-6H3. The maximum atomic E-state index is 13.9. The quantitative estimate of drug-likeness (QED) is 0.497. The highest BCUT2D eigenvalue weighted by molar-refractivity contribution is 7.99. The Morgan fingerprint density at radius 3 is 2.40 bits per heavy atom. The number of hydrogen-bond donors (Lipinski definition) is 0. The number of ether oxygens (including phenoxy) is 2. The number of likely N-dealkylation sites (N-methyl/N-ethyl adjacent to an activating group) is 1. The molecule has 0 fully saturated rings. The molecule has 2 unspecified atom stereocenters. The summed E-state index contributed by atoms with van der Waals surface area (Å²) in [5.74, 6) is -1.04. The van der Waals surface area contributed by atoms with Crippen LogP contribution in [0.4, 0.5) is 5.69 Å². The highest BCUT2D eigenvalue weighted by atomic mass is 32.2. The Morgan fingerprint density at radius 2 is 1.80 bits per heavy atom. The minimum atomic E-state index is -1.01. The van der Waals surface area contributed by atoms with Gasteiger partial charge in [-0.05, 0) is 50.7 Å². The van der Waals surface area contributed by atoms with Gasteiger partial charge in [-0.1, -0.05) is 43.7 Å². The van der Waals surface area contributed by atoms with Crippen LogP contribution in [0.2, 0.25) is 0 Å². The fourth-order valence-electron chi connectivity index (χ4n) is 3.70. The molecule has 188 valence electrons. The lowest BCUT2D eigenvalue weighted by Crippen LogP contribution is -2.45. The van der Waals surface area contributed by atoms with Gasteiger partial charge in [0, 0.05) is 24.9 Å². The van der Waals surface area contributed by atoms with Gasteiger partial charge in [-0.3, -0.25) is 9.59 Å². The van der Waals surface area contributed by atoms with Crippen LogP contribution in [-0.2, 0) is 19.1 Å². The van der Waals surface area contributed by atoms with Gasteiger partial charge in [-0.25, -0.2) is 4.79 Å². The zero-order valence-corrected chi connectivity index (χ0v) is 22.1. The van der Waals surface area contributed by atoms with Gasteiger partial charge < -0.3 is 19.3 Å². The second kappa shape index (κ2) is 11.7. The van der Waals surface area contributed by atoms with E-state index in [1.54, 1.807) is 17.0 Å². The molecule has 7 nitrogen and oxygen atoms in total. The molecule has 2 aromatic carbocycles. The van der Waals surface area contributed by atoms with E-state index in [-0.39, 0.29) is 11.8 Å². The fraction of sp³-hybridized carbons (Fsp3) is 0.444. The van der Waals surface area contributed by atoms with Crippen LogP contribution in [0, 0.1) is 12.8 Å². The molecule has 0 bridgehead atoms. The maximum Gasteiger partial charge on any atom is 0.338 e. The summed E-state index contributed by atoms with van der Waals surface area (Å²) >= 11 is 1.46. The minimum Gasteiger partial charge on any atom is -0.462 e. The first-order valence-electron chi connectivity index (χ1n) is 11.7. The van der Waals surface area contributed by atoms with E-state index in [2.05, 4.69) is 0 Å². The van der Waals surface area contributed by atoms with E-state index in [0.29, 0.717) is 30.9 Å². The molecule has 1 aliphatic rings. The molecular weight excluding hydrogens is 464 g/mol. The third-order valence-electron chi connectivity index (χ3n) is 5.54. The topological polar surface area (TPSA) is 76.2 Å². The first kappa shape index (κ1) is 26.8. The maximum absolute atomic E-state index is 13.9. The predicted octanol–water partition coefficient (Wildman–Crippen LogP) is 4.48. The second-order valence-electron chi connectivity index (χ2n) is 9.45. The molecule has 1 heterocycles. The molecule has 1 aliphatic heterocycles. The Labute approximate surface area is 211 Å². The summed E-state index contributed by atoms with van der Waals surface area (Å²) in [5.41, 5.74) is 2.99. The molecule has 0 aromatic heterocycles. The molecule has 0 aliphatic carbocycles. The average Bonchev–Trinajstić information content (AvgIpc) is 2.90. The third-order valence-corrected chi connectivity index (χ3v) is 6.91. The number of fused-ring (bicyclic) bond motifs is 1. The number of rotatable bonds is 8. The lowest BCUT2D eigenvalue weighted by molar-refractivity contribution is -0.152.